The molecular weight excluding hydrogens is 231 g/mol. The van der Waals surface area contributed by atoms with E-state index in [4.69, 9.17) is 0 Å². The molecule has 5 aliphatic rings. The summed E-state index contributed by atoms with van der Waals surface area (Å²) < 4.78 is 0. The highest BCUT2D eigenvalue weighted by molar-refractivity contribution is 7.74. The molecule has 0 amide bonds. The standard InChI is InChI=1S/C14H17O2P/c15-13-11-7-4-8(12(11)14(16)17-13)10-6-2-1-5(3-6)9(7)10/h5-12,17H,1-4H2. The first kappa shape index (κ1) is 9.67. The van der Waals surface area contributed by atoms with Crippen LogP contribution in [0.5, 0.6) is 0 Å². The fourth-order valence-electron chi connectivity index (χ4n) is 6.59. The Morgan fingerprint density at radius 3 is 1.88 bits per heavy atom. The second-order valence-corrected chi connectivity index (χ2v) is 8.19. The second-order valence-electron chi connectivity index (χ2n) is 6.96. The van der Waals surface area contributed by atoms with Crippen molar-refractivity contribution in [3.63, 3.8) is 0 Å². The lowest BCUT2D eigenvalue weighted by molar-refractivity contribution is -0.124. The SMILES string of the molecule is O=C1PC(=O)C2C3CC(C12)C1C2CCC(C2)C31. The average Bonchev–Trinajstić information content (AvgIpc) is 3.03. The van der Waals surface area contributed by atoms with Crippen LogP contribution in [-0.4, -0.2) is 11.0 Å². The van der Waals surface area contributed by atoms with Crippen molar-refractivity contribution in [2.24, 2.45) is 47.3 Å². The molecule has 1 saturated heterocycles. The van der Waals surface area contributed by atoms with E-state index in [-0.39, 0.29) is 20.4 Å². The number of rotatable bonds is 0. The maximum atomic E-state index is 12.0. The van der Waals surface area contributed by atoms with Gasteiger partial charge in [0.2, 0.25) is 0 Å². The van der Waals surface area contributed by atoms with Crippen molar-refractivity contribution in [1.29, 1.82) is 0 Å². The van der Waals surface area contributed by atoms with Crippen LogP contribution in [0.15, 0.2) is 0 Å². The molecule has 0 N–H and O–H groups in total. The highest BCUT2D eigenvalue weighted by Crippen LogP contribution is 2.73. The third-order valence-corrected chi connectivity index (χ3v) is 7.90. The van der Waals surface area contributed by atoms with Crippen molar-refractivity contribution in [3.05, 3.63) is 0 Å². The molecule has 8 atom stereocenters. The van der Waals surface area contributed by atoms with Gasteiger partial charge in [-0.3, -0.25) is 9.59 Å². The van der Waals surface area contributed by atoms with E-state index in [1.807, 2.05) is 0 Å². The lowest BCUT2D eigenvalue weighted by atomic mass is 9.64. The third-order valence-electron chi connectivity index (χ3n) is 6.74. The molecule has 0 spiro atoms. The Morgan fingerprint density at radius 1 is 0.824 bits per heavy atom. The summed E-state index contributed by atoms with van der Waals surface area (Å²) in [4.78, 5) is 24.1. The van der Waals surface area contributed by atoms with Gasteiger partial charge in [-0.05, 0) is 61.2 Å². The van der Waals surface area contributed by atoms with Gasteiger partial charge in [0.1, 0.15) is 0 Å². The topological polar surface area (TPSA) is 34.1 Å². The van der Waals surface area contributed by atoms with E-state index < -0.39 is 0 Å². The van der Waals surface area contributed by atoms with E-state index in [9.17, 15) is 9.59 Å². The molecule has 5 fully saturated rings. The zero-order chi connectivity index (χ0) is 11.3. The van der Waals surface area contributed by atoms with Gasteiger partial charge >= 0.3 is 0 Å². The van der Waals surface area contributed by atoms with Crippen molar-refractivity contribution in [3.8, 4) is 0 Å². The van der Waals surface area contributed by atoms with Gasteiger partial charge in [-0.1, -0.05) is 0 Å². The minimum atomic E-state index is 0.0187. The summed E-state index contributed by atoms with van der Waals surface area (Å²) in [5, 5.41) is 0. The Morgan fingerprint density at radius 2 is 1.35 bits per heavy atom. The molecule has 1 aliphatic heterocycles. The molecule has 4 saturated carbocycles. The van der Waals surface area contributed by atoms with Gasteiger partial charge in [-0.2, -0.15) is 0 Å². The van der Waals surface area contributed by atoms with E-state index in [1.54, 1.807) is 0 Å². The van der Waals surface area contributed by atoms with Crippen LogP contribution in [0.3, 0.4) is 0 Å². The lowest BCUT2D eigenvalue weighted by Crippen LogP contribution is -2.39. The van der Waals surface area contributed by atoms with Crippen molar-refractivity contribution in [2.75, 3.05) is 0 Å². The van der Waals surface area contributed by atoms with E-state index >= 15 is 0 Å². The summed E-state index contributed by atoms with van der Waals surface area (Å²) in [6.45, 7) is 0. The molecular formula is C14H17O2P. The highest BCUT2D eigenvalue weighted by Gasteiger charge is 2.69. The molecule has 0 aromatic rings. The quantitative estimate of drug-likeness (QED) is 0.487. The predicted octanol–water partition coefficient (Wildman–Crippen LogP) is 2.28. The molecule has 8 unspecified atom stereocenters. The van der Waals surface area contributed by atoms with Crippen LogP contribution in [-0.2, 0) is 9.59 Å². The molecule has 1 heterocycles. The third kappa shape index (κ3) is 0.928. The van der Waals surface area contributed by atoms with Crippen LogP contribution < -0.4 is 0 Å². The number of hydrogen-bond acceptors (Lipinski definition) is 2. The number of carbonyl (C=O) groups excluding carboxylic acids is 2. The van der Waals surface area contributed by atoms with Crippen molar-refractivity contribution in [2.45, 2.75) is 25.7 Å². The van der Waals surface area contributed by atoms with Gasteiger partial charge in [0.05, 0.1) is 0 Å². The minimum Gasteiger partial charge on any atom is -0.294 e. The Kier molecular flexibility index (Phi) is 1.62. The van der Waals surface area contributed by atoms with Crippen LogP contribution >= 0.6 is 8.58 Å². The minimum absolute atomic E-state index is 0.0187. The van der Waals surface area contributed by atoms with Crippen LogP contribution in [0.25, 0.3) is 0 Å². The number of hydrogen-bond donors (Lipinski definition) is 0. The highest BCUT2D eigenvalue weighted by atomic mass is 31.1. The molecule has 4 bridgehead atoms. The smallest absolute Gasteiger partial charge is 0.162 e. The van der Waals surface area contributed by atoms with Crippen LogP contribution in [0, 0.1) is 47.3 Å². The Labute approximate surface area is 103 Å². The predicted molar refractivity (Wildman–Crippen MR) is 64.7 cm³/mol. The lowest BCUT2D eigenvalue weighted by Gasteiger charge is -2.39. The molecule has 0 radical (unpaired) electrons. The Bertz CT molecular complexity index is 408. The average molecular weight is 248 g/mol. The Hall–Kier alpha value is -0.230. The summed E-state index contributed by atoms with van der Waals surface area (Å²) in [5.41, 5.74) is 0.655. The molecule has 17 heavy (non-hydrogen) atoms. The van der Waals surface area contributed by atoms with Crippen molar-refractivity contribution in [1.82, 2.24) is 0 Å². The number of fused-ring (bicyclic) bond motifs is 12. The van der Waals surface area contributed by atoms with Crippen molar-refractivity contribution < 1.29 is 9.59 Å². The van der Waals surface area contributed by atoms with Crippen LogP contribution in [0.2, 0.25) is 0 Å². The first-order chi connectivity index (χ1) is 8.25. The molecule has 4 aliphatic carbocycles. The monoisotopic (exact) mass is 248 g/mol. The van der Waals surface area contributed by atoms with E-state index in [0.29, 0.717) is 22.9 Å². The maximum absolute atomic E-state index is 12.0. The van der Waals surface area contributed by atoms with Gasteiger partial charge in [0, 0.05) is 20.4 Å². The molecule has 0 aromatic carbocycles. The van der Waals surface area contributed by atoms with Gasteiger partial charge < -0.3 is 0 Å². The molecule has 2 nitrogen and oxygen atoms in total. The molecule has 90 valence electrons. The fourth-order valence-corrected chi connectivity index (χ4v) is 7.95. The van der Waals surface area contributed by atoms with Gasteiger partial charge in [0.15, 0.2) is 11.0 Å². The molecule has 0 aromatic heterocycles. The first-order valence-electron chi connectivity index (χ1n) is 7.10. The normalized spacial score (nSPS) is 63.8. The van der Waals surface area contributed by atoms with E-state index in [0.717, 1.165) is 23.7 Å². The summed E-state index contributed by atoms with van der Waals surface area (Å²) >= 11 is 0. The Balaban J connectivity index is 1.61. The van der Waals surface area contributed by atoms with Crippen LogP contribution in [0.1, 0.15) is 25.7 Å². The zero-order valence-electron chi connectivity index (χ0n) is 9.76. The van der Waals surface area contributed by atoms with Gasteiger partial charge in [-0.25, -0.2) is 0 Å². The van der Waals surface area contributed by atoms with E-state index in [1.165, 1.54) is 25.7 Å². The molecule has 5 rings (SSSR count). The van der Waals surface area contributed by atoms with Crippen LogP contribution in [0.4, 0.5) is 0 Å². The summed E-state index contributed by atoms with van der Waals surface area (Å²) in [6.07, 6.45) is 5.47. The fraction of sp³-hybridized carbons (Fsp3) is 0.857. The number of carbonyl (C=O) groups is 2. The summed E-state index contributed by atoms with van der Waals surface area (Å²) in [7, 11) is 0.0187. The molecule has 3 heteroatoms. The van der Waals surface area contributed by atoms with E-state index in [2.05, 4.69) is 0 Å². The summed E-state index contributed by atoms with van der Waals surface area (Å²) in [5.74, 6) is 5.16. The van der Waals surface area contributed by atoms with Gasteiger partial charge in [0.25, 0.3) is 0 Å². The van der Waals surface area contributed by atoms with Gasteiger partial charge in [-0.15, -0.1) is 0 Å². The summed E-state index contributed by atoms with van der Waals surface area (Å²) in [6, 6.07) is 0. The van der Waals surface area contributed by atoms with Crippen molar-refractivity contribution >= 4 is 19.6 Å². The second kappa shape index (κ2) is 2.85. The first-order valence-corrected chi connectivity index (χ1v) is 8.10. The largest absolute Gasteiger partial charge is 0.294 e. The zero-order valence-corrected chi connectivity index (χ0v) is 10.8. The maximum Gasteiger partial charge on any atom is 0.162 e.